The predicted molar refractivity (Wildman–Crippen MR) is 325 cm³/mol. The molecule has 0 saturated carbocycles. The zero-order chi connectivity index (χ0) is 50.4. The third kappa shape index (κ3) is 8.19. The van der Waals surface area contributed by atoms with Crippen LogP contribution in [0.4, 0.5) is 34.1 Å². The monoisotopic (exact) mass is 966 g/mol. The van der Waals surface area contributed by atoms with Crippen LogP contribution in [0.3, 0.4) is 0 Å². The fourth-order valence-corrected chi connectivity index (χ4v) is 11.4. The van der Waals surface area contributed by atoms with Gasteiger partial charge in [-0.2, -0.15) is 0 Å². The highest BCUT2D eigenvalue weighted by Crippen LogP contribution is 2.49. The van der Waals surface area contributed by atoms with Crippen LogP contribution in [0, 0.1) is 0 Å². The van der Waals surface area contributed by atoms with Crippen LogP contribution in [-0.2, 0) is 0 Å². The Kier molecular flexibility index (Phi) is 11.2. The highest BCUT2D eigenvalue weighted by atomic mass is 15.1. The van der Waals surface area contributed by atoms with Crippen LogP contribution in [0.1, 0.15) is 0 Å². The van der Waals surface area contributed by atoms with Crippen molar-refractivity contribution >= 4 is 88.0 Å². The van der Waals surface area contributed by atoms with Gasteiger partial charge >= 0.3 is 0 Å². The predicted octanol–water partition coefficient (Wildman–Crippen LogP) is 21.1. The zero-order valence-electron chi connectivity index (χ0n) is 41.8. The number of hydrogen-bond acceptors (Lipinski definition) is 2. The first kappa shape index (κ1) is 44.7. The number of anilines is 6. The van der Waals surface area contributed by atoms with Crippen molar-refractivity contribution in [3.05, 3.63) is 303 Å². The largest absolute Gasteiger partial charge is 0.310 e. The smallest absolute Gasteiger partial charge is 0.0468 e. The van der Waals surface area contributed by atoms with E-state index in [1.54, 1.807) is 0 Å². The minimum absolute atomic E-state index is 1.08. The van der Waals surface area contributed by atoms with E-state index >= 15 is 0 Å². The van der Waals surface area contributed by atoms with Crippen molar-refractivity contribution in [1.82, 2.24) is 0 Å². The first-order chi connectivity index (χ1) is 37.7. The van der Waals surface area contributed by atoms with Crippen molar-refractivity contribution < 1.29 is 0 Å². The Balaban J connectivity index is 1.04. The van der Waals surface area contributed by atoms with Crippen molar-refractivity contribution in [2.75, 3.05) is 9.80 Å². The molecule has 14 aromatic carbocycles. The molecule has 14 rings (SSSR count). The zero-order valence-corrected chi connectivity index (χ0v) is 41.8. The van der Waals surface area contributed by atoms with E-state index in [0.717, 1.165) is 45.3 Å². The van der Waals surface area contributed by atoms with Gasteiger partial charge in [0.25, 0.3) is 0 Å². The SMILES string of the molecule is c1ccc(N(c2ccccc2)c2ccc3c(-c4ccc(-c5ccc6ccccc6c5)cc4)c4cc(N(c5ccccc5)c5ccc6ccccc6c5)ccc4c(-c4ccc(-c5ccc6ccccc6c5)cc4)c3c2)cc1. The second-order valence-corrected chi connectivity index (χ2v) is 19.7. The van der Waals surface area contributed by atoms with E-state index in [1.165, 1.54) is 87.2 Å². The summed E-state index contributed by atoms with van der Waals surface area (Å²) in [5.74, 6) is 0. The minimum Gasteiger partial charge on any atom is -0.310 e. The van der Waals surface area contributed by atoms with Crippen molar-refractivity contribution in [2.45, 2.75) is 0 Å². The van der Waals surface area contributed by atoms with Crippen LogP contribution in [0.2, 0.25) is 0 Å². The molecule has 0 aromatic heterocycles. The van der Waals surface area contributed by atoms with Gasteiger partial charge < -0.3 is 9.80 Å². The van der Waals surface area contributed by atoms with E-state index in [0.29, 0.717) is 0 Å². The summed E-state index contributed by atoms with van der Waals surface area (Å²) in [4.78, 5) is 4.78. The Morgan fingerprint density at radius 2 is 0.447 bits per heavy atom. The normalized spacial score (nSPS) is 11.4. The van der Waals surface area contributed by atoms with Crippen molar-refractivity contribution in [2.24, 2.45) is 0 Å². The van der Waals surface area contributed by atoms with Crippen molar-refractivity contribution in [1.29, 1.82) is 0 Å². The maximum Gasteiger partial charge on any atom is 0.0468 e. The molecule has 0 heterocycles. The molecule has 356 valence electrons. The molecule has 0 saturated heterocycles. The molecule has 0 radical (unpaired) electrons. The lowest BCUT2D eigenvalue weighted by molar-refractivity contribution is 1.29. The highest BCUT2D eigenvalue weighted by Gasteiger charge is 2.23. The molecule has 2 nitrogen and oxygen atoms in total. The molecule has 2 heteroatoms. The molecule has 0 aliphatic carbocycles. The van der Waals surface area contributed by atoms with Crippen LogP contribution in [0.25, 0.3) is 98.4 Å². The molecular formula is C74H50N2. The molecule has 0 bridgehead atoms. The Bertz CT molecular complexity index is 4390. The molecule has 0 N–H and O–H groups in total. The molecule has 0 spiro atoms. The molecule has 0 amide bonds. The van der Waals surface area contributed by atoms with E-state index in [1.807, 2.05) is 0 Å². The lowest BCUT2D eigenvalue weighted by atomic mass is 9.84. The molecule has 14 aromatic rings. The van der Waals surface area contributed by atoms with Crippen molar-refractivity contribution in [3.8, 4) is 44.5 Å². The third-order valence-electron chi connectivity index (χ3n) is 15.1. The van der Waals surface area contributed by atoms with E-state index < -0.39 is 0 Å². The Morgan fingerprint density at radius 1 is 0.158 bits per heavy atom. The van der Waals surface area contributed by atoms with Gasteiger partial charge in [0.05, 0.1) is 0 Å². The molecule has 0 unspecified atom stereocenters. The number of benzene rings is 14. The van der Waals surface area contributed by atoms with Crippen LogP contribution < -0.4 is 9.80 Å². The lowest BCUT2D eigenvalue weighted by Crippen LogP contribution is -2.10. The van der Waals surface area contributed by atoms with Crippen LogP contribution in [-0.4, -0.2) is 0 Å². The van der Waals surface area contributed by atoms with E-state index in [2.05, 4.69) is 313 Å². The molecule has 0 atom stereocenters. The minimum atomic E-state index is 1.08. The average molecular weight is 967 g/mol. The number of hydrogen-bond donors (Lipinski definition) is 0. The Labute approximate surface area is 443 Å². The maximum atomic E-state index is 2.44. The topological polar surface area (TPSA) is 6.48 Å². The quantitative estimate of drug-likeness (QED) is 0.126. The highest BCUT2D eigenvalue weighted by molar-refractivity contribution is 6.23. The average Bonchev–Trinajstić information content (AvgIpc) is 3.56. The fourth-order valence-electron chi connectivity index (χ4n) is 11.4. The number of nitrogens with zero attached hydrogens (tertiary/aromatic N) is 2. The third-order valence-corrected chi connectivity index (χ3v) is 15.1. The fraction of sp³-hybridized carbons (Fsp3) is 0. The summed E-state index contributed by atoms with van der Waals surface area (Å²) in [5.41, 5.74) is 16.0. The van der Waals surface area contributed by atoms with Gasteiger partial charge in [-0.25, -0.2) is 0 Å². The number of fused-ring (bicyclic) bond motifs is 5. The van der Waals surface area contributed by atoms with E-state index in [4.69, 9.17) is 0 Å². The maximum absolute atomic E-state index is 2.44. The van der Waals surface area contributed by atoms with Gasteiger partial charge in [0, 0.05) is 34.1 Å². The molecule has 0 fully saturated rings. The summed E-state index contributed by atoms with van der Waals surface area (Å²) in [7, 11) is 0. The van der Waals surface area contributed by atoms with Crippen LogP contribution in [0.15, 0.2) is 303 Å². The standard InChI is InChI=1S/C74H50N2/c1-4-22-63(23-5-1)75(64-24-6-2-7-25-64)67-42-44-69-71(49-67)73(56-34-28-54(29-35-56)61-38-32-51-16-10-13-19-58(51)46-61)70-45-43-68(76(65-26-8-3-9-27-65)66-41-40-53-18-12-15-21-60(53)48-66)50-72(70)74(69)57-36-30-55(31-37-57)62-39-33-52-17-11-14-20-59(52)47-62/h1-50H. The number of para-hydroxylation sites is 3. The Hall–Kier alpha value is -10.0. The van der Waals surface area contributed by atoms with Gasteiger partial charge in [0.1, 0.15) is 0 Å². The van der Waals surface area contributed by atoms with Crippen LogP contribution >= 0.6 is 0 Å². The lowest BCUT2D eigenvalue weighted by Gasteiger charge is -2.28. The summed E-state index contributed by atoms with van der Waals surface area (Å²) >= 11 is 0. The molecule has 0 aliphatic heterocycles. The summed E-state index contributed by atoms with van der Waals surface area (Å²) in [6.07, 6.45) is 0. The van der Waals surface area contributed by atoms with Gasteiger partial charge in [-0.3, -0.25) is 0 Å². The Morgan fingerprint density at radius 3 is 0.855 bits per heavy atom. The van der Waals surface area contributed by atoms with Gasteiger partial charge in [-0.15, -0.1) is 0 Å². The first-order valence-electron chi connectivity index (χ1n) is 26.1. The van der Waals surface area contributed by atoms with Gasteiger partial charge in [0.2, 0.25) is 0 Å². The van der Waals surface area contributed by atoms with E-state index in [-0.39, 0.29) is 0 Å². The molecule has 76 heavy (non-hydrogen) atoms. The summed E-state index contributed by atoms with van der Waals surface area (Å²) in [6, 6.07) is 111. The summed E-state index contributed by atoms with van der Waals surface area (Å²) < 4.78 is 0. The van der Waals surface area contributed by atoms with Gasteiger partial charge in [-0.05, 0) is 183 Å². The van der Waals surface area contributed by atoms with Gasteiger partial charge in [-0.1, -0.05) is 218 Å². The van der Waals surface area contributed by atoms with Crippen molar-refractivity contribution in [3.63, 3.8) is 0 Å². The molecular weight excluding hydrogens is 917 g/mol. The van der Waals surface area contributed by atoms with Crippen LogP contribution in [0.5, 0.6) is 0 Å². The van der Waals surface area contributed by atoms with E-state index in [9.17, 15) is 0 Å². The second kappa shape index (κ2) is 19.1. The second-order valence-electron chi connectivity index (χ2n) is 19.7. The summed E-state index contributed by atoms with van der Waals surface area (Å²) in [6.45, 7) is 0. The number of rotatable bonds is 10. The molecule has 0 aliphatic rings. The summed E-state index contributed by atoms with van der Waals surface area (Å²) in [5, 5.41) is 12.1. The van der Waals surface area contributed by atoms with Gasteiger partial charge in [0.15, 0.2) is 0 Å². The first-order valence-corrected chi connectivity index (χ1v) is 26.1.